The standard InChI is InChI=1S/C35H33FN6O2S/c1-18(2)15-25-28(33(37)43)29(30-32(41-25)35(3,42-34(30)44)17-19-6-8-20(36)9-7-19)27-16-26-31(45-27)24(12-14-39-26)40-23-11-10-22-21(23)5-4-13-38-22/h4-9,12-14,16,18,23H,10-11,15,17H2,1-3H3,(H2,37,43)(H,39,40)(H,42,44)/t23-,35-/m1/s1. The van der Waals surface area contributed by atoms with Crippen molar-refractivity contribution in [2.75, 3.05) is 5.32 Å². The molecule has 0 fully saturated rings. The lowest BCUT2D eigenvalue weighted by Crippen LogP contribution is -2.39. The fourth-order valence-corrected chi connectivity index (χ4v) is 7.89. The van der Waals surface area contributed by atoms with E-state index in [-0.39, 0.29) is 29.2 Å². The summed E-state index contributed by atoms with van der Waals surface area (Å²) in [6, 6.07) is 14.3. The third kappa shape index (κ3) is 5.12. The van der Waals surface area contributed by atoms with E-state index in [1.54, 1.807) is 18.3 Å². The van der Waals surface area contributed by atoms with Crippen molar-refractivity contribution in [2.45, 2.75) is 58.0 Å². The molecule has 0 unspecified atom stereocenters. The predicted molar refractivity (Wildman–Crippen MR) is 174 cm³/mol. The first kappa shape index (κ1) is 29.0. The molecule has 10 heteroatoms. The largest absolute Gasteiger partial charge is 0.377 e. The van der Waals surface area contributed by atoms with Gasteiger partial charge in [-0.2, -0.15) is 0 Å². The van der Waals surface area contributed by atoms with E-state index in [2.05, 4.69) is 40.5 Å². The second kappa shape index (κ2) is 11.0. The zero-order valence-corrected chi connectivity index (χ0v) is 26.1. The van der Waals surface area contributed by atoms with Crippen molar-refractivity contribution in [1.82, 2.24) is 20.3 Å². The highest BCUT2D eigenvalue weighted by Gasteiger charge is 2.44. The van der Waals surface area contributed by atoms with E-state index in [4.69, 9.17) is 10.7 Å². The number of aryl methyl sites for hydroxylation is 1. The van der Waals surface area contributed by atoms with Gasteiger partial charge in [0.05, 0.1) is 50.0 Å². The molecule has 1 aliphatic heterocycles. The van der Waals surface area contributed by atoms with Crippen molar-refractivity contribution in [3.05, 3.63) is 106 Å². The number of nitrogens with one attached hydrogen (secondary N) is 2. The van der Waals surface area contributed by atoms with E-state index in [0.29, 0.717) is 35.4 Å². The van der Waals surface area contributed by atoms with Gasteiger partial charge in [0.2, 0.25) is 0 Å². The van der Waals surface area contributed by atoms with Gasteiger partial charge in [0.1, 0.15) is 5.82 Å². The van der Waals surface area contributed by atoms with Crippen molar-refractivity contribution in [3.8, 4) is 10.4 Å². The molecule has 1 aliphatic carbocycles. The number of fused-ring (bicyclic) bond motifs is 3. The minimum atomic E-state index is -0.882. The van der Waals surface area contributed by atoms with Crippen LogP contribution in [0, 0.1) is 11.7 Å². The minimum Gasteiger partial charge on any atom is -0.377 e. The number of halogens is 1. The quantitative estimate of drug-likeness (QED) is 0.182. The summed E-state index contributed by atoms with van der Waals surface area (Å²) in [7, 11) is 0. The molecule has 0 saturated heterocycles. The number of hydrogen-bond acceptors (Lipinski definition) is 7. The van der Waals surface area contributed by atoms with Crippen LogP contribution in [0.1, 0.15) is 82.2 Å². The lowest BCUT2D eigenvalue weighted by Gasteiger charge is -2.26. The summed E-state index contributed by atoms with van der Waals surface area (Å²) in [6.45, 7) is 6.03. The van der Waals surface area contributed by atoms with E-state index in [1.165, 1.54) is 29.0 Å². The van der Waals surface area contributed by atoms with Gasteiger partial charge in [0.25, 0.3) is 11.8 Å². The number of nitrogens with two attached hydrogens (primary N) is 1. The lowest BCUT2D eigenvalue weighted by atomic mass is 9.86. The molecule has 45 heavy (non-hydrogen) atoms. The fraction of sp³-hybridized carbons (Fsp3) is 0.286. The monoisotopic (exact) mass is 620 g/mol. The van der Waals surface area contributed by atoms with Crippen LogP contribution in [0.5, 0.6) is 0 Å². The molecular formula is C35H33FN6O2S. The van der Waals surface area contributed by atoms with Crippen molar-refractivity contribution in [2.24, 2.45) is 11.7 Å². The van der Waals surface area contributed by atoms with Gasteiger partial charge < -0.3 is 16.4 Å². The summed E-state index contributed by atoms with van der Waals surface area (Å²) < 4.78 is 14.6. The number of carbonyl (C=O) groups excluding carboxylic acids is 2. The van der Waals surface area contributed by atoms with Crippen LogP contribution in [0.3, 0.4) is 0 Å². The van der Waals surface area contributed by atoms with Crippen LogP contribution in [0.2, 0.25) is 0 Å². The Morgan fingerprint density at radius 3 is 2.71 bits per heavy atom. The van der Waals surface area contributed by atoms with Crippen LogP contribution in [-0.4, -0.2) is 26.8 Å². The second-order valence-electron chi connectivity index (χ2n) is 12.5. The number of nitrogens with zero attached hydrogens (tertiary/aromatic N) is 3. The SMILES string of the molecule is CC(C)Cc1nc2c(c(-c3cc4nccc(N[C@@H]5CCc6ncccc65)c4s3)c1C(N)=O)C(=O)N[C@]2(C)Cc1ccc(F)cc1. The number of hydrogen-bond donors (Lipinski definition) is 3. The molecule has 2 aliphatic rings. The van der Waals surface area contributed by atoms with Crippen LogP contribution in [0.25, 0.3) is 20.7 Å². The Morgan fingerprint density at radius 1 is 1.16 bits per heavy atom. The van der Waals surface area contributed by atoms with Crippen molar-refractivity contribution in [3.63, 3.8) is 0 Å². The Hall–Kier alpha value is -4.70. The third-order valence-corrected chi connectivity index (χ3v) is 9.86. The number of benzene rings is 1. The number of aromatic nitrogens is 3. The van der Waals surface area contributed by atoms with Gasteiger partial charge in [0.15, 0.2) is 0 Å². The number of pyridine rings is 3. The van der Waals surface area contributed by atoms with E-state index >= 15 is 0 Å². The molecule has 0 bridgehead atoms. The molecule has 1 aromatic carbocycles. The van der Waals surface area contributed by atoms with Gasteiger partial charge in [-0.05, 0) is 73.6 Å². The Labute approximate surface area is 264 Å². The fourth-order valence-electron chi connectivity index (χ4n) is 6.74. The number of anilines is 1. The van der Waals surface area contributed by atoms with Crippen LogP contribution in [0.4, 0.5) is 10.1 Å². The molecule has 0 radical (unpaired) electrons. The second-order valence-corrected chi connectivity index (χ2v) is 13.6. The van der Waals surface area contributed by atoms with Gasteiger partial charge in [-0.1, -0.05) is 32.0 Å². The maximum Gasteiger partial charge on any atom is 0.254 e. The predicted octanol–water partition coefficient (Wildman–Crippen LogP) is 6.49. The van der Waals surface area contributed by atoms with Crippen LogP contribution < -0.4 is 16.4 Å². The molecule has 2 amide bonds. The molecule has 0 saturated carbocycles. The van der Waals surface area contributed by atoms with Crippen molar-refractivity contribution in [1.29, 1.82) is 0 Å². The molecule has 228 valence electrons. The molecule has 5 aromatic rings. The van der Waals surface area contributed by atoms with E-state index in [0.717, 1.165) is 44.9 Å². The summed E-state index contributed by atoms with van der Waals surface area (Å²) in [5.41, 5.74) is 12.3. The van der Waals surface area contributed by atoms with Crippen molar-refractivity contribution < 1.29 is 14.0 Å². The Kier molecular flexibility index (Phi) is 7.12. The molecule has 0 spiro atoms. The Morgan fingerprint density at radius 2 is 1.96 bits per heavy atom. The van der Waals surface area contributed by atoms with Crippen LogP contribution in [-0.2, 0) is 24.8 Å². The topological polar surface area (TPSA) is 123 Å². The van der Waals surface area contributed by atoms with Crippen LogP contribution in [0.15, 0.2) is 60.9 Å². The smallest absolute Gasteiger partial charge is 0.254 e. The van der Waals surface area contributed by atoms with Gasteiger partial charge in [0, 0.05) is 34.9 Å². The molecule has 8 nitrogen and oxygen atoms in total. The summed E-state index contributed by atoms with van der Waals surface area (Å²) in [5.74, 6) is -1.10. The van der Waals surface area contributed by atoms with E-state index in [9.17, 15) is 14.0 Å². The molecule has 4 aromatic heterocycles. The minimum absolute atomic E-state index is 0.117. The van der Waals surface area contributed by atoms with E-state index < -0.39 is 11.4 Å². The first-order chi connectivity index (χ1) is 21.6. The normalized spacial score (nSPS) is 18.7. The lowest BCUT2D eigenvalue weighted by molar-refractivity contribution is 0.0935. The highest BCUT2D eigenvalue weighted by molar-refractivity contribution is 7.22. The highest BCUT2D eigenvalue weighted by atomic mass is 32.1. The summed E-state index contributed by atoms with van der Waals surface area (Å²) in [4.78, 5) is 42.0. The maximum absolute atomic E-state index is 13.9. The first-order valence-electron chi connectivity index (χ1n) is 15.1. The molecule has 2 atom stereocenters. The van der Waals surface area contributed by atoms with Gasteiger partial charge >= 0.3 is 0 Å². The average molecular weight is 621 g/mol. The average Bonchev–Trinajstić information content (AvgIpc) is 3.68. The van der Waals surface area contributed by atoms with Crippen LogP contribution >= 0.6 is 11.3 Å². The van der Waals surface area contributed by atoms with Crippen molar-refractivity contribution >= 4 is 39.1 Å². The third-order valence-electron chi connectivity index (χ3n) is 8.69. The number of thiophene rings is 1. The van der Waals surface area contributed by atoms with E-state index in [1.807, 2.05) is 31.3 Å². The highest BCUT2D eigenvalue weighted by Crippen LogP contribution is 2.46. The number of carbonyl (C=O) groups is 2. The first-order valence-corrected chi connectivity index (χ1v) is 16.0. The van der Waals surface area contributed by atoms with Gasteiger partial charge in [-0.15, -0.1) is 11.3 Å². The molecule has 7 rings (SSSR count). The summed E-state index contributed by atoms with van der Waals surface area (Å²) in [5, 5.41) is 6.85. The molecule has 4 N–H and O–H groups in total. The zero-order chi connectivity index (χ0) is 31.5. The number of rotatable bonds is 8. The summed E-state index contributed by atoms with van der Waals surface area (Å²) >= 11 is 1.48. The Bertz CT molecular complexity index is 1990. The summed E-state index contributed by atoms with van der Waals surface area (Å²) in [6.07, 6.45) is 6.34. The van der Waals surface area contributed by atoms with Gasteiger partial charge in [-0.3, -0.25) is 24.5 Å². The maximum atomic E-state index is 13.9. The molecular weight excluding hydrogens is 587 g/mol. The number of amides is 2. The Balaban J connectivity index is 1.39. The molecule has 5 heterocycles. The van der Waals surface area contributed by atoms with Gasteiger partial charge in [-0.25, -0.2) is 4.39 Å². The zero-order valence-electron chi connectivity index (χ0n) is 25.3. The number of primary amides is 1.